The fraction of sp³-hybridized carbons (Fsp3) is 0.320. The number of rotatable bonds is 7. The van der Waals surface area contributed by atoms with Gasteiger partial charge in [0.15, 0.2) is 11.6 Å². The smallest absolute Gasteiger partial charge is 0.237 e. The number of amides is 1. The van der Waals surface area contributed by atoms with Crippen molar-refractivity contribution in [2.24, 2.45) is 5.73 Å². The fourth-order valence-electron chi connectivity index (χ4n) is 4.44. The molecule has 0 saturated carbocycles. The molecule has 4 rings (SSSR count). The molecule has 4 N–H and O–H groups in total. The van der Waals surface area contributed by atoms with Crippen molar-refractivity contribution in [3.63, 3.8) is 0 Å². The molecule has 1 fully saturated rings. The summed E-state index contributed by atoms with van der Waals surface area (Å²) in [6, 6.07) is 12.7. The second-order valence-electron chi connectivity index (χ2n) is 8.44. The SMILES string of the molecule is CCNC1(C(N)=O)CCN(c2nc(-c3ccc(Cl)cc3Cl)c(-c3ccc(Cl)cc3)nc2NC)CC1. The number of carbonyl (C=O) groups is 1. The van der Waals surface area contributed by atoms with Gasteiger partial charge in [0.2, 0.25) is 5.91 Å². The van der Waals surface area contributed by atoms with Crippen LogP contribution in [0, 0.1) is 0 Å². The third-order valence-corrected chi connectivity index (χ3v) is 7.12. The predicted octanol–water partition coefficient (Wildman–Crippen LogP) is 5.25. The lowest BCUT2D eigenvalue weighted by Gasteiger charge is -2.41. The van der Waals surface area contributed by atoms with Crippen molar-refractivity contribution in [3.8, 4) is 22.5 Å². The van der Waals surface area contributed by atoms with Crippen molar-refractivity contribution in [1.29, 1.82) is 0 Å². The number of anilines is 2. The highest BCUT2D eigenvalue weighted by Gasteiger charge is 2.40. The average Bonchev–Trinajstić information content (AvgIpc) is 2.84. The number of hydrogen-bond donors (Lipinski definition) is 3. The molecule has 2 heterocycles. The summed E-state index contributed by atoms with van der Waals surface area (Å²) < 4.78 is 0. The van der Waals surface area contributed by atoms with Gasteiger partial charge < -0.3 is 21.3 Å². The van der Waals surface area contributed by atoms with Crippen molar-refractivity contribution in [1.82, 2.24) is 15.3 Å². The molecule has 0 radical (unpaired) electrons. The average molecular weight is 534 g/mol. The predicted molar refractivity (Wildman–Crippen MR) is 145 cm³/mol. The van der Waals surface area contributed by atoms with E-state index in [4.69, 9.17) is 50.5 Å². The molecule has 2 aromatic carbocycles. The molecular formula is C25H27Cl3N6O. The van der Waals surface area contributed by atoms with Crippen molar-refractivity contribution in [2.45, 2.75) is 25.3 Å². The maximum atomic E-state index is 12.2. The van der Waals surface area contributed by atoms with Gasteiger partial charge in [-0.3, -0.25) is 4.79 Å². The van der Waals surface area contributed by atoms with Crippen LogP contribution in [0.3, 0.4) is 0 Å². The Morgan fingerprint density at radius 2 is 1.69 bits per heavy atom. The molecule has 1 aromatic heterocycles. The summed E-state index contributed by atoms with van der Waals surface area (Å²) in [6.45, 7) is 3.82. The number of benzene rings is 2. The lowest BCUT2D eigenvalue weighted by Crippen LogP contribution is -2.61. The van der Waals surface area contributed by atoms with Crippen molar-refractivity contribution >= 4 is 52.3 Å². The zero-order valence-corrected chi connectivity index (χ0v) is 21.8. The molecule has 0 aliphatic carbocycles. The molecule has 35 heavy (non-hydrogen) atoms. The summed E-state index contributed by atoms with van der Waals surface area (Å²) in [6.07, 6.45) is 1.13. The van der Waals surface area contributed by atoms with Crippen molar-refractivity contribution in [2.75, 3.05) is 36.9 Å². The van der Waals surface area contributed by atoms with Crippen LogP contribution in [0.15, 0.2) is 42.5 Å². The van der Waals surface area contributed by atoms with E-state index in [1.807, 2.05) is 44.3 Å². The van der Waals surface area contributed by atoms with E-state index in [0.29, 0.717) is 76.1 Å². The quantitative estimate of drug-likeness (QED) is 0.384. The minimum Gasteiger partial charge on any atom is -0.370 e. The number of primary amides is 1. The van der Waals surface area contributed by atoms with Gasteiger partial charge in [-0.15, -0.1) is 0 Å². The topological polar surface area (TPSA) is 96.2 Å². The molecule has 1 saturated heterocycles. The van der Waals surface area contributed by atoms with Gasteiger partial charge >= 0.3 is 0 Å². The van der Waals surface area contributed by atoms with E-state index in [0.717, 1.165) is 5.56 Å². The third-order valence-electron chi connectivity index (χ3n) is 6.32. The van der Waals surface area contributed by atoms with Crippen LogP contribution in [0.4, 0.5) is 11.6 Å². The molecule has 0 atom stereocenters. The summed E-state index contributed by atoms with van der Waals surface area (Å²) >= 11 is 18.9. The Morgan fingerprint density at radius 3 is 2.26 bits per heavy atom. The Kier molecular flexibility index (Phi) is 7.71. The Balaban J connectivity index is 1.82. The van der Waals surface area contributed by atoms with Crippen LogP contribution in [0.2, 0.25) is 15.1 Å². The normalized spacial score (nSPS) is 15.2. The van der Waals surface area contributed by atoms with Gasteiger partial charge in [0.25, 0.3) is 0 Å². The Morgan fingerprint density at radius 1 is 1.03 bits per heavy atom. The summed E-state index contributed by atoms with van der Waals surface area (Å²) in [5.74, 6) is 0.977. The van der Waals surface area contributed by atoms with E-state index >= 15 is 0 Å². The van der Waals surface area contributed by atoms with Gasteiger partial charge in [0.1, 0.15) is 11.2 Å². The lowest BCUT2D eigenvalue weighted by molar-refractivity contribution is -0.125. The number of piperidine rings is 1. The monoisotopic (exact) mass is 532 g/mol. The highest BCUT2D eigenvalue weighted by molar-refractivity contribution is 6.36. The third kappa shape index (κ3) is 5.19. The highest BCUT2D eigenvalue weighted by atomic mass is 35.5. The molecule has 7 nitrogen and oxygen atoms in total. The Hall–Kier alpha value is -2.58. The van der Waals surface area contributed by atoms with Gasteiger partial charge in [-0.25, -0.2) is 9.97 Å². The summed E-state index contributed by atoms with van der Waals surface area (Å²) in [7, 11) is 1.81. The molecule has 1 amide bonds. The van der Waals surface area contributed by atoms with Gasteiger partial charge in [0.05, 0.1) is 10.7 Å². The van der Waals surface area contributed by atoms with Crippen LogP contribution in [0.5, 0.6) is 0 Å². The molecule has 1 aliphatic rings. The maximum Gasteiger partial charge on any atom is 0.237 e. The standard InChI is InChI=1S/C25H27Cl3N6O/c1-3-31-25(24(29)35)10-12-34(13-11-25)23-22(30-2)32-20(15-4-6-16(26)7-5-15)21(33-23)18-9-8-17(27)14-19(18)28/h4-9,14,31H,3,10-13H2,1-2H3,(H2,29,35)(H,30,32). The van der Waals surface area contributed by atoms with Crippen LogP contribution >= 0.6 is 34.8 Å². The molecule has 10 heteroatoms. The Bertz CT molecular complexity index is 1230. The number of halogens is 3. The zero-order valence-electron chi connectivity index (χ0n) is 19.5. The summed E-state index contributed by atoms with van der Waals surface area (Å²) in [4.78, 5) is 24.4. The van der Waals surface area contributed by atoms with Crippen LogP contribution in [0.1, 0.15) is 19.8 Å². The summed E-state index contributed by atoms with van der Waals surface area (Å²) in [5.41, 5.74) is 7.90. The minimum atomic E-state index is -0.718. The first kappa shape index (κ1) is 25.5. The van der Waals surface area contributed by atoms with E-state index in [-0.39, 0.29) is 5.91 Å². The number of nitrogens with one attached hydrogen (secondary N) is 2. The van der Waals surface area contributed by atoms with Crippen LogP contribution < -0.4 is 21.3 Å². The van der Waals surface area contributed by atoms with Gasteiger partial charge in [-0.1, -0.05) is 53.9 Å². The summed E-state index contributed by atoms with van der Waals surface area (Å²) in [5, 5.41) is 8.11. The van der Waals surface area contributed by atoms with Crippen LogP contribution in [-0.4, -0.2) is 48.1 Å². The number of nitrogens with zero attached hydrogens (tertiary/aromatic N) is 3. The maximum absolute atomic E-state index is 12.2. The largest absolute Gasteiger partial charge is 0.370 e. The van der Waals surface area contributed by atoms with E-state index in [2.05, 4.69) is 15.5 Å². The van der Waals surface area contributed by atoms with E-state index < -0.39 is 5.54 Å². The van der Waals surface area contributed by atoms with E-state index in [1.54, 1.807) is 12.1 Å². The molecular weight excluding hydrogens is 507 g/mol. The molecule has 1 aliphatic heterocycles. The number of nitrogens with two attached hydrogens (primary N) is 1. The molecule has 184 valence electrons. The number of aromatic nitrogens is 2. The zero-order chi connectivity index (χ0) is 25.2. The van der Waals surface area contributed by atoms with E-state index in [1.165, 1.54) is 0 Å². The fourth-order valence-corrected chi connectivity index (χ4v) is 5.07. The second kappa shape index (κ2) is 10.6. The number of likely N-dealkylation sites (N-methyl/N-ethyl adjacent to an activating group) is 1. The molecule has 0 spiro atoms. The van der Waals surface area contributed by atoms with Gasteiger partial charge in [-0.2, -0.15) is 0 Å². The van der Waals surface area contributed by atoms with Crippen molar-refractivity contribution < 1.29 is 4.79 Å². The van der Waals surface area contributed by atoms with E-state index in [9.17, 15) is 4.79 Å². The van der Waals surface area contributed by atoms with Crippen LogP contribution in [-0.2, 0) is 4.79 Å². The first-order valence-corrected chi connectivity index (χ1v) is 12.5. The highest BCUT2D eigenvalue weighted by Crippen LogP contribution is 2.39. The lowest BCUT2D eigenvalue weighted by atomic mass is 9.86. The molecule has 0 unspecified atom stereocenters. The van der Waals surface area contributed by atoms with Crippen molar-refractivity contribution in [3.05, 3.63) is 57.5 Å². The first-order chi connectivity index (χ1) is 16.8. The second-order valence-corrected chi connectivity index (χ2v) is 9.72. The molecule has 0 bridgehead atoms. The van der Waals surface area contributed by atoms with Gasteiger partial charge in [0, 0.05) is 41.3 Å². The number of carbonyl (C=O) groups excluding carboxylic acids is 1. The first-order valence-electron chi connectivity index (χ1n) is 11.4. The Labute approximate surface area is 220 Å². The van der Waals surface area contributed by atoms with Gasteiger partial charge in [-0.05, 0) is 49.7 Å². The molecule has 3 aromatic rings. The number of hydrogen-bond acceptors (Lipinski definition) is 6. The minimum absolute atomic E-state index is 0.328. The van der Waals surface area contributed by atoms with Crippen LogP contribution in [0.25, 0.3) is 22.5 Å².